The fourth-order valence-corrected chi connectivity index (χ4v) is 2.47. The molecule has 138 valence electrons. The van der Waals surface area contributed by atoms with Crippen LogP contribution in [0.4, 0.5) is 5.69 Å². The van der Waals surface area contributed by atoms with E-state index in [0.717, 1.165) is 18.4 Å². The number of carbonyl (C=O) groups is 2. The highest BCUT2D eigenvalue weighted by molar-refractivity contribution is 5.96. The van der Waals surface area contributed by atoms with E-state index >= 15 is 0 Å². The maximum Gasteiger partial charge on any atom is 0.333 e. The molecule has 1 amide bonds. The zero-order valence-electron chi connectivity index (χ0n) is 14.5. The van der Waals surface area contributed by atoms with Gasteiger partial charge in [-0.1, -0.05) is 19.4 Å². The third-order valence-corrected chi connectivity index (χ3v) is 3.86. The first kappa shape index (κ1) is 19.2. The molecule has 7 heteroatoms. The minimum atomic E-state index is -0.548. The molecule has 1 aliphatic heterocycles. The van der Waals surface area contributed by atoms with E-state index in [9.17, 15) is 14.7 Å². The number of hydrogen-bond acceptors (Lipinski definition) is 6. The molecule has 0 saturated heterocycles. The van der Waals surface area contributed by atoms with Gasteiger partial charge in [0.15, 0.2) is 6.73 Å². The summed E-state index contributed by atoms with van der Waals surface area (Å²) in [6.45, 7) is 3.15. The standard InChI is InChI=1S/C18H25NO6/c1-2-3-8-23-9-10-24-12-18(22)25-13-19-16-11-15(20)6-4-14(16)5-7-17(19)21/h4,6,11,20H,2-3,5,7-10,12-13H2,1H3. The van der Waals surface area contributed by atoms with Crippen molar-refractivity contribution in [2.24, 2.45) is 0 Å². The monoisotopic (exact) mass is 351 g/mol. The van der Waals surface area contributed by atoms with Crippen molar-refractivity contribution in [1.82, 2.24) is 0 Å². The Hall–Kier alpha value is -2.12. The van der Waals surface area contributed by atoms with E-state index in [1.54, 1.807) is 12.1 Å². The lowest BCUT2D eigenvalue weighted by atomic mass is 10.0. The molecule has 0 spiro atoms. The summed E-state index contributed by atoms with van der Waals surface area (Å²) in [5, 5.41) is 9.61. The molecule has 25 heavy (non-hydrogen) atoms. The second kappa shape index (κ2) is 10.0. The van der Waals surface area contributed by atoms with Crippen LogP contribution in [0.3, 0.4) is 0 Å². The molecular formula is C18H25NO6. The Bertz CT molecular complexity index is 589. The summed E-state index contributed by atoms with van der Waals surface area (Å²) in [6, 6.07) is 4.85. The Labute approximate surface area is 147 Å². The SMILES string of the molecule is CCCCOCCOCC(=O)OCN1C(=O)CCc2ccc(O)cc21. The molecule has 1 aromatic carbocycles. The topological polar surface area (TPSA) is 85.3 Å². The minimum absolute atomic E-state index is 0.0659. The number of carbonyl (C=O) groups excluding carboxylic acids is 2. The molecule has 0 fully saturated rings. The van der Waals surface area contributed by atoms with Gasteiger partial charge in [0.05, 0.1) is 18.9 Å². The first-order chi connectivity index (χ1) is 12.1. The van der Waals surface area contributed by atoms with E-state index in [0.29, 0.717) is 38.3 Å². The first-order valence-electron chi connectivity index (χ1n) is 8.55. The second-order valence-electron chi connectivity index (χ2n) is 5.80. The van der Waals surface area contributed by atoms with Gasteiger partial charge in [0, 0.05) is 19.1 Å². The number of fused-ring (bicyclic) bond motifs is 1. The molecule has 7 nitrogen and oxygen atoms in total. The number of rotatable bonds is 10. The molecule has 1 aliphatic rings. The van der Waals surface area contributed by atoms with E-state index in [-0.39, 0.29) is 25.0 Å². The molecule has 0 atom stereocenters. The normalized spacial score (nSPS) is 13.6. The fraction of sp³-hybridized carbons (Fsp3) is 0.556. The van der Waals surface area contributed by atoms with Crippen LogP contribution in [0.25, 0.3) is 0 Å². The molecule has 2 rings (SSSR count). The van der Waals surface area contributed by atoms with Crippen molar-refractivity contribution >= 4 is 17.6 Å². The molecular weight excluding hydrogens is 326 g/mol. The lowest BCUT2D eigenvalue weighted by Gasteiger charge is -2.28. The van der Waals surface area contributed by atoms with Crippen molar-refractivity contribution in [2.45, 2.75) is 32.6 Å². The number of anilines is 1. The fourth-order valence-electron chi connectivity index (χ4n) is 2.47. The largest absolute Gasteiger partial charge is 0.508 e. The first-order valence-corrected chi connectivity index (χ1v) is 8.55. The smallest absolute Gasteiger partial charge is 0.333 e. The van der Waals surface area contributed by atoms with E-state index in [1.165, 1.54) is 11.0 Å². The zero-order valence-corrected chi connectivity index (χ0v) is 14.5. The summed E-state index contributed by atoms with van der Waals surface area (Å²) in [7, 11) is 0. The maximum absolute atomic E-state index is 12.1. The highest BCUT2D eigenvalue weighted by atomic mass is 16.6. The van der Waals surface area contributed by atoms with Crippen molar-refractivity contribution in [3.63, 3.8) is 0 Å². The van der Waals surface area contributed by atoms with Crippen LogP contribution in [-0.4, -0.2) is 50.1 Å². The number of esters is 1. The minimum Gasteiger partial charge on any atom is -0.508 e. The molecule has 1 heterocycles. The van der Waals surface area contributed by atoms with Gasteiger partial charge in [0.1, 0.15) is 12.4 Å². The van der Waals surface area contributed by atoms with E-state index in [1.807, 2.05) is 0 Å². The Morgan fingerprint density at radius 3 is 2.80 bits per heavy atom. The maximum atomic E-state index is 12.1. The Balaban J connectivity index is 1.73. The Morgan fingerprint density at radius 2 is 2.00 bits per heavy atom. The molecule has 0 aliphatic carbocycles. The number of amides is 1. The summed E-state index contributed by atoms with van der Waals surface area (Å²) in [5.41, 5.74) is 1.52. The van der Waals surface area contributed by atoms with Gasteiger partial charge in [0.2, 0.25) is 5.91 Å². The van der Waals surface area contributed by atoms with Crippen LogP contribution in [-0.2, 0) is 30.2 Å². The van der Waals surface area contributed by atoms with Crippen molar-refractivity contribution in [1.29, 1.82) is 0 Å². The highest BCUT2D eigenvalue weighted by Crippen LogP contribution is 2.30. The lowest BCUT2D eigenvalue weighted by Crippen LogP contribution is -2.38. The predicted octanol–water partition coefficient (Wildman–Crippen LogP) is 2.01. The van der Waals surface area contributed by atoms with Gasteiger partial charge < -0.3 is 19.3 Å². The van der Waals surface area contributed by atoms with Gasteiger partial charge in [-0.2, -0.15) is 0 Å². The van der Waals surface area contributed by atoms with Gasteiger partial charge in [-0.15, -0.1) is 0 Å². The number of phenolic OH excluding ortho intramolecular Hbond substituents is 1. The van der Waals surface area contributed by atoms with Gasteiger partial charge in [-0.25, -0.2) is 4.79 Å². The number of ether oxygens (including phenoxy) is 3. The molecule has 0 unspecified atom stereocenters. The van der Waals surface area contributed by atoms with Crippen LogP contribution in [0.2, 0.25) is 0 Å². The summed E-state index contributed by atoms with van der Waals surface area (Å²) < 4.78 is 15.6. The molecule has 0 saturated carbocycles. The van der Waals surface area contributed by atoms with Crippen LogP contribution in [0, 0.1) is 0 Å². The van der Waals surface area contributed by atoms with Gasteiger partial charge in [-0.05, 0) is 24.5 Å². The Kier molecular flexibility index (Phi) is 7.69. The number of aryl methyl sites for hydroxylation is 1. The average Bonchev–Trinajstić information content (AvgIpc) is 2.60. The van der Waals surface area contributed by atoms with Gasteiger partial charge in [-0.3, -0.25) is 9.69 Å². The molecule has 1 aromatic rings. The summed E-state index contributed by atoms with van der Waals surface area (Å²) in [4.78, 5) is 25.2. The van der Waals surface area contributed by atoms with Crippen LogP contribution in [0.1, 0.15) is 31.7 Å². The second-order valence-corrected chi connectivity index (χ2v) is 5.80. The van der Waals surface area contributed by atoms with Crippen LogP contribution in [0.15, 0.2) is 18.2 Å². The van der Waals surface area contributed by atoms with Crippen LogP contribution < -0.4 is 4.90 Å². The summed E-state index contributed by atoms with van der Waals surface area (Å²) in [5.74, 6) is -0.624. The van der Waals surface area contributed by atoms with Crippen molar-refractivity contribution < 1.29 is 28.9 Å². The molecule has 0 aromatic heterocycles. The zero-order chi connectivity index (χ0) is 18.1. The van der Waals surface area contributed by atoms with Gasteiger partial charge >= 0.3 is 5.97 Å². The summed E-state index contributed by atoms with van der Waals surface area (Å²) >= 11 is 0. The van der Waals surface area contributed by atoms with Gasteiger partial charge in [0.25, 0.3) is 0 Å². The number of aromatic hydroxyl groups is 1. The van der Waals surface area contributed by atoms with Crippen molar-refractivity contribution in [2.75, 3.05) is 38.1 Å². The molecule has 1 N–H and O–H groups in total. The number of hydrogen-bond donors (Lipinski definition) is 1. The lowest BCUT2D eigenvalue weighted by molar-refractivity contribution is -0.149. The third-order valence-electron chi connectivity index (χ3n) is 3.86. The molecule has 0 bridgehead atoms. The third kappa shape index (κ3) is 6.03. The number of nitrogens with zero attached hydrogens (tertiary/aromatic N) is 1. The van der Waals surface area contributed by atoms with Crippen LogP contribution >= 0.6 is 0 Å². The van der Waals surface area contributed by atoms with E-state index < -0.39 is 5.97 Å². The Morgan fingerprint density at radius 1 is 1.20 bits per heavy atom. The average molecular weight is 351 g/mol. The van der Waals surface area contributed by atoms with E-state index in [4.69, 9.17) is 14.2 Å². The van der Waals surface area contributed by atoms with Crippen LogP contribution in [0.5, 0.6) is 5.75 Å². The van der Waals surface area contributed by atoms with Crippen molar-refractivity contribution in [3.8, 4) is 5.75 Å². The van der Waals surface area contributed by atoms with E-state index in [2.05, 4.69) is 6.92 Å². The van der Waals surface area contributed by atoms with Crippen molar-refractivity contribution in [3.05, 3.63) is 23.8 Å². The number of benzene rings is 1. The predicted molar refractivity (Wildman–Crippen MR) is 91.4 cm³/mol. The number of unbranched alkanes of at least 4 members (excludes halogenated alkanes) is 1. The highest BCUT2D eigenvalue weighted by Gasteiger charge is 2.25. The quantitative estimate of drug-likeness (QED) is 0.513. The molecule has 0 radical (unpaired) electrons. The summed E-state index contributed by atoms with van der Waals surface area (Å²) in [6.07, 6.45) is 3.03. The number of phenols is 1.